The fraction of sp³-hybridized carbons (Fsp3) is 0.471. The number of nitrogens with zero attached hydrogens (tertiary/aromatic N) is 2. The lowest BCUT2D eigenvalue weighted by molar-refractivity contribution is 0.374. The van der Waals surface area contributed by atoms with Crippen molar-refractivity contribution in [1.29, 1.82) is 0 Å². The topological polar surface area (TPSA) is 38.0 Å². The number of hydrogen-bond acceptors (Lipinski definition) is 2. The van der Waals surface area contributed by atoms with Crippen LogP contribution in [0.25, 0.3) is 11.1 Å². The minimum Gasteiger partial charge on any atom is -0.492 e. The molecule has 1 aromatic carbocycles. The van der Waals surface area contributed by atoms with E-state index < -0.39 is 0 Å². The van der Waals surface area contributed by atoms with Crippen LogP contribution in [0.4, 0.5) is 0 Å². The standard InChI is InChI=1S/C17H23ClN2O/c1-3-5-6-7-15(4-2)20-12-16(17(21)19-20)13-8-10-14(18)11-9-13/h8-12,15H,3-7H2,1-2H3,(H,19,21). The maximum Gasteiger partial charge on any atom is 0.238 e. The smallest absolute Gasteiger partial charge is 0.238 e. The molecule has 3 nitrogen and oxygen atoms in total. The van der Waals surface area contributed by atoms with Gasteiger partial charge in [-0.25, -0.2) is 0 Å². The molecule has 1 aromatic heterocycles. The Hall–Kier alpha value is -1.48. The van der Waals surface area contributed by atoms with Crippen molar-refractivity contribution in [1.82, 2.24) is 9.78 Å². The lowest BCUT2D eigenvalue weighted by Gasteiger charge is -2.14. The van der Waals surface area contributed by atoms with Gasteiger partial charge in [0.1, 0.15) is 0 Å². The maximum absolute atomic E-state index is 10.1. The first-order valence-electron chi connectivity index (χ1n) is 7.69. The number of hydrogen-bond donors (Lipinski definition) is 1. The Morgan fingerprint density at radius 1 is 1.19 bits per heavy atom. The van der Waals surface area contributed by atoms with Crippen molar-refractivity contribution < 1.29 is 5.11 Å². The van der Waals surface area contributed by atoms with Crippen LogP contribution in [0.1, 0.15) is 52.0 Å². The molecule has 0 saturated carbocycles. The first kappa shape index (κ1) is 15.9. The molecule has 0 aliphatic rings. The first-order chi connectivity index (χ1) is 10.2. The van der Waals surface area contributed by atoms with Gasteiger partial charge >= 0.3 is 0 Å². The van der Waals surface area contributed by atoms with Gasteiger partial charge in [-0.1, -0.05) is 56.8 Å². The van der Waals surface area contributed by atoms with Crippen LogP contribution in [-0.2, 0) is 0 Å². The van der Waals surface area contributed by atoms with Gasteiger partial charge in [-0.2, -0.15) is 0 Å². The second-order valence-electron chi connectivity index (χ2n) is 5.41. The van der Waals surface area contributed by atoms with Gasteiger partial charge in [-0.15, -0.1) is 5.10 Å². The van der Waals surface area contributed by atoms with Crippen LogP contribution in [0.3, 0.4) is 0 Å². The summed E-state index contributed by atoms with van der Waals surface area (Å²) >= 11 is 5.90. The number of aromatic nitrogens is 2. The molecule has 0 amide bonds. The molecule has 1 atom stereocenters. The van der Waals surface area contributed by atoms with E-state index >= 15 is 0 Å². The number of unbranched alkanes of at least 4 members (excludes halogenated alkanes) is 2. The SMILES string of the molecule is CCCCCC(CC)n1cc(-c2ccc(Cl)cc2)c(O)n1. The Morgan fingerprint density at radius 3 is 2.52 bits per heavy atom. The summed E-state index contributed by atoms with van der Waals surface area (Å²) in [5.74, 6) is 0.0891. The van der Waals surface area contributed by atoms with E-state index in [1.54, 1.807) is 0 Å². The number of rotatable bonds is 7. The molecule has 114 valence electrons. The van der Waals surface area contributed by atoms with E-state index in [2.05, 4.69) is 18.9 Å². The summed E-state index contributed by atoms with van der Waals surface area (Å²) in [4.78, 5) is 0. The van der Waals surface area contributed by atoms with E-state index in [4.69, 9.17) is 11.6 Å². The Balaban J connectivity index is 2.19. The third kappa shape index (κ3) is 4.01. The molecular weight excluding hydrogens is 284 g/mol. The number of benzene rings is 1. The van der Waals surface area contributed by atoms with Crippen LogP contribution in [0.15, 0.2) is 30.5 Å². The molecule has 1 unspecified atom stereocenters. The van der Waals surface area contributed by atoms with Gasteiger partial charge in [0.15, 0.2) is 0 Å². The zero-order valence-electron chi connectivity index (χ0n) is 12.7. The largest absolute Gasteiger partial charge is 0.492 e. The summed E-state index contributed by atoms with van der Waals surface area (Å²) in [5, 5.41) is 15.1. The zero-order valence-corrected chi connectivity index (χ0v) is 13.5. The molecule has 0 radical (unpaired) electrons. The zero-order chi connectivity index (χ0) is 15.2. The minimum atomic E-state index is 0.0891. The van der Waals surface area contributed by atoms with Crippen molar-refractivity contribution in [2.75, 3.05) is 0 Å². The highest BCUT2D eigenvalue weighted by Gasteiger charge is 2.15. The van der Waals surface area contributed by atoms with Gasteiger partial charge in [-0.05, 0) is 30.5 Å². The van der Waals surface area contributed by atoms with E-state index in [-0.39, 0.29) is 5.88 Å². The van der Waals surface area contributed by atoms with E-state index in [1.165, 1.54) is 19.3 Å². The third-order valence-corrected chi connectivity index (χ3v) is 4.11. The molecule has 0 aliphatic heterocycles. The summed E-state index contributed by atoms with van der Waals surface area (Å²) in [6, 6.07) is 7.81. The highest BCUT2D eigenvalue weighted by Crippen LogP contribution is 2.31. The third-order valence-electron chi connectivity index (χ3n) is 3.85. The quantitative estimate of drug-likeness (QED) is 0.692. The Kier molecular flexibility index (Phi) is 5.68. The van der Waals surface area contributed by atoms with E-state index in [9.17, 15) is 5.11 Å². The van der Waals surface area contributed by atoms with E-state index in [1.807, 2.05) is 35.1 Å². The van der Waals surface area contributed by atoms with Gasteiger partial charge in [0.2, 0.25) is 5.88 Å². The van der Waals surface area contributed by atoms with Gasteiger partial charge < -0.3 is 5.11 Å². The molecule has 1 N–H and O–H groups in total. The summed E-state index contributed by atoms with van der Waals surface area (Å²) in [7, 11) is 0. The lowest BCUT2D eigenvalue weighted by atomic mass is 10.1. The Labute approximate surface area is 131 Å². The molecule has 0 saturated heterocycles. The van der Waals surface area contributed by atoms with Crippen LogP contribution < -0.4 is 0 Å². The fourth-order valence-electron chi connectivity index (χ4n) is 2.56. The van der Waals surface area contributed by atoms with Crippen molar-refractivity contribution in [3.05, 3.63) is 35.5 Å². The van der Waals surface area contributed by atoms with Gasteiger partial charge in [0.25, 0.3) is 0 Å². The van der Waals surface area contributed by atoms with Crippen molar-refractivity contribution in [3.63, 3.8) is 0 Å². The van der Waals surface area contributed by atoms with Crippen molar-refractivity contribution >= 4 is 11.6 Å². The summed E-state index contributed by atoms with van der Waals surface area (Å²) in [5.41, 5.74) is 1.70. The number of halogens is 1. The summed E-state index contributed by atoms with van der Waals surface area (Å²) in [6.45, 7) is 4.37. The van der Waals surface area contributed by atoms with Crippen LogP contribution in [-0.4, -0.2) is 14.9 Å². The van der Waals surface area contributed by atoms with Gasteiger partial charge in [0.05, 0.1) is 11.6 Å². The van der Waals surface area contributed by atoms with E-state index in [0.29, 0.717) is 11.1 Å². The fourth-order valence-corrected chi connectivity index (χ4v) is 2.68. The molecule has 2 aromatic rings. The molecule has 0 bridgehead atoms. The van der Waals surface area contributed by atoms with Crippen LogP contribution in [0, 0.1) is 0 Å². The molecule has 1 heterocycles. The predicted molar refractivity (Wildman–Crippen MR) is 87.8 cm³/mol. The second kappa shape index (κ2) is 7.51. The van der Waals surface area contributed by atoms with Crippen LogP contribution in [0.5, 0.6) is 5.88 Å². The number of aromatic hydroxyl groups is 1. The molecule has 4 heteroatoms. The molecular formula is C17H23ClN2O. The Morgan fingerprint density at radius 2 is 1.90 bits per heavy atom. The molecule has 0 fully saturated rings. The second-order valence-corrected chi connectivity index (χ2v) is 5.85. The van der Waals surface area contributed by atoms with Crippen LogP contribution >= 0.6 is 11.6 Å². The minimum absolute atomic E-state index is 0.0891. The van der Waals surface area contributed by atoms with Crippen molar-refractivity contribution in [2.45, 2.75) is 52.0 Å². The molecule has 2 rings (SSSR count). The highest BCUT2D eigenvalue weighted by molar-refractivity contribution is 6.30. The van der Waals surface area contributed by atoms with Crippen LogP contribution in [0.2, 0.25) is 5.02 Å². The normalized spacial score (nSPS) is 12.5. The van der Waals surface area contributed by atoms with Gasteiger partial charge in [0, 0.05) is 11.2 Å². The molecule has 0 aliphatic carbocycles. The average Bonchev–Trinajstić information content (AvgIpc) is 2.86. The Bertz CT molecular complexity index is 563. The van der Waals surface area contributed by atoms with Crippen molar-refractivity contribution in [3.8, 4) is 17.0 Å². The lowest BCUT2D eigenvalue weighted by Crippen LogP contribution is -2.08. The maximum atomic E-state index is 10.1. The monoisotopic (exact) mass is 306 g/mol. The highest BCUT2D eigenvalue weighted by atomic mass is 35.5. The van der Waals surface area contributed by atoms with E-state index in [0.717, 1.165) is 24.0 Å². The molecule has 21 heavy (non-hydrogen) atoms. The van der Waals surface area contributed by atoms with Crippen molar-refractivity contribution in [2.24, 2.45) is 0 Å². The van der Waals surface area contributed by atoms with Gasteiger partial charge in [-0.3, -0.25) is 4.68 Å². The molecule has 0 spiro atoms. The summed E-state index contributed by atoms with van der Waals surface area (Å²) in [6.07, 6.45) is 7.73. The summed E-state index contributed by atoms with van der Waals surface area (Å²) < 4.78 is 1.91. The predicted octanol–water partition coefficient (Wildman–Crippen LogP) is 5.44. The average molecular weight is 307 g/mol. The first-order valence-corrected chi connectivity index (χ1v) is 8.07.